The molecule has 0 spiro atoms. The summed E-state index contributed by atoms with van der Waals surface area (Å²) in [5.41, 5.74) is 8.53. The Kier molecular flexibility index (Phi) is 4.63. The molecule has 0 amide bonds. The second-order valence-corrected chi connectivity index (χ2v) is 5.26. The summed E-state index contributed by atoms with van der Waals surface area (Å²) in [5, 5.41) is 0. The normalized spacial score (nSPS) is 13.1. The first-order valence-corrected chi connectivity index (χ1v) is 6.17. The van der Waals surface area contributed by atoms with Crippen molar-refractivity contribution in [3.05, 3.63) is 16.1 Å². The van der Waals surface area contributed by atoms with E-state index in [-0.39, 0.29) is 0 Å². The summed E-state index contributed by atoms with van der Waals surface area (Å²) >= 11 is 6.60. The molecule has 2 N–H and O–H groups in total. The second kappa shape index (κ2) is 5.53. The Bertz CT molecular complexity index is 335. The fourth-order valence-electron chi connectivity index (χ4n) is 1.31. The fraction of sp³-hybridized carbons (Fsp3) is 0.600. The first-order chi connectivity index (χ1) is 7.00. The van der Waals surface area contributed by atoms with Crippen LogP contribution in [-0.4, -0.2) is 28.0 Å². The monoisotopic (exact) mass is 243 g/mol. The second-order valence-electron chi connectivity index (χ2n) is 3.80. The lowest BCUT2D eigenvalue weighted by atomic mass is 10.2. The Balaban J connectivity index is 2.52. The Hall–Kier alpha value is -0.520. The number of aryl methyl sites for hydroxylation is 1. The highest BCUT2D eigenvalue weighted by Crippen LogP contribution is 2.16. The van der Waals surface area contributed by atoms with Crippen molar-refractivity contribution in [2.75, 3.05) is 7.05 Å². The van der Waals surface area contributed by atoms with Crippen LogP contribution in [0.4, 0.5) is 0 Å². The van der Waals surface area contributed by atoms with Crippen LogP contribution in [0.5, 0.6) is 0 Å². The van der Waals surface area contributed by atoms with E-state index in [0.717, 1.165) is 18.7 Å². The largest absolute Gasteiger partial charge is 0.393 e. The third kappa shape index (κ3) is 3.85. The average molecular weight is 243 g/mol. The van der Waals surface area contributed by atoms with Crippen LogP contribution in [0.1, 0.15) is 23.9 Å². The van der Waals surface area contributed by atoms with Crippen molar-refractivity contribution in [2.24, 2.45) is 5.73 Å². The third-order valence-electron chi connectivity index (χ3n) is 2.49. The minimum absolute atomic E-state index is 0.379. The molecule has 1 heterocycles. The maximum absolute atomic E-state index is 5.53. The standard InChI is InChI=1S/C10H17N3S2/c1-7(4-10(11)14)13(3)5-9-8(2)12-6-15-9/h6-7H,4-5H2,1-3H3,(H2,11,14). The summed E-state index contributed by atoms with van der Waals surface area (Å²) in [5.74, 6) is 0. The van der Waals surface area contributed by atoms with Crippen molar-refractivity contribution < 1.29 is 0 Å². The van der Waals surface area contributed by atoms with Crippen molar-refractivity contribution >= 4 is 28.5 Å². The van der Waals surface area contributed by atoms with E-state index in [1.165, 1.54) is 4.88 Å². The molecule has 0 radical (unpaired) electrons. The van der Waals surface area contributed by atoms with Crippen molar-refractivity contribution in [3.63, 3.8) is 0 Å². The van der Waals surface area contributed by atoms with Crippen LogP contribution >= 0.6 is 23.6 Å². The zero-order chi connectivity index (χ0) is 11.4. The number of thiazole rings is 1. The SMILES string of the molecule is Cc1ncsc1CN(C)C(C)CC(N)=S. The summed E-state index contributed by atoms with van der Waals surface area (Å²) in [6, 6.07) is 0.379. The van der Waals surface area contributed by atoms with Crippen LogP contribution < -0.4 is 5.73 Å². The van der Waals surface area contributed by atoms with E-state index in [1.54, 1.807) is 11.3 Å². The lowest BCUT2D eigenvalue weighted by molar-refractivity contribution is 0.257. The molecule has 0 saturated carbocycles. The molecule has 0 aromatic carbocycles. The number of hydrogen-bond acceptors (Lipinski definition) is 4. The van der Waals surface area contributed by atoms with Gasteiger partial charge in [-0.3, -0.25) is 4.90 Å². The van der Waals surface area contributed by atoms with Gasteiger partial charge < -0.3 is 5.73 Å². The minimum Gasteiger partial charge on any atom is -0.393 e. The molecule has 15 heavy (non-hydrogen) atoms. The topological polar surface area (TPSA) is 42.2 Å². The maximum atomic E-state index is 5.53. The highest BCUT2D eigenvalue weighted by Gasteiger charge is 2.12. The number of aromatic nitrogens is 1. The summed E-state index contributed by atoms with van der Waals surface area (Å²) in [6.07, 6.45) is 0.768. The number of nitrogens with zero attached hydrogens (tertiary/aromatic N) is 2. The van der Waals surface area contributed by atoms with Gasteiger partial charge in [-0.1, -0.05) is 12.2 Å². The van der Waals surface area contributed by atoms with Gasteiger partial charge in [0.2, 0.25) is 0 Å². The number of nitrogens with two attached hydrogens (primary N) is 1. The molecule has 0 saturated heterocycles. The van der Waals surface area contributed by atoms with Crippen molar-refractivity contribution in [1.82, 2.24) is 9.88 Å². The van der Waals surface area contributed by atoms with Crippen molar-refractivity contribution in [1.29, 1.82) is 0 Å². The van der Waals surface area contributed by atoms with Gasteiger partial charge in [0, 0.05) is 23.9 Å². The summed E-state index contributed by atoms with van der Waals surface area (Å²) in [6.45, 7) is 5.09. The predicted octanol–water partition coefficient (Wildman–Crippen LogP) is 1.95. The zero-order valence-electron chi connectivity index (χ0n) is 9.36. The van der Waals surface area contributed by atoms with E-state index in [2.05, 4.69) is 23.9 Å². The summed E-state index contributed by atoms with van der Waals surface area (Å²) in [4.78, 5) is 8.37. The molecule has 0 aliphatic heterocycles. The lowest BCUT2D eigenvalue weighted by Crippen LogP contribution is -2.32. The molecule has 84 valence electrons. The van der Waals surface area contributed by atoms with E-state index < -0.39 is 0 Å². The van der Waals surface area contributed by atoms with Crippen LogP contribution in [-0.2, 0) is 6.54 Å². The summed E-state index contributed by atoms with van der Waals surface area (Å²) < 4.78 is 0. The van der Waals surface area contributed by atoms with Gasteiger partial charge in [0.1, 0.15) is 0 Å². The molecule has 1 aromatic rings. The highest BCUT2D eigenvalue weighted by atomic mass is 32.1. The molecular formula is C10H17N3S2. The van der Waals surface area contributed by atoms with Crippen LogP contribution in [0.15, 0.2) is 5.51 Å². The molecule has 1 atom stereocenters. The van der Waals surface area contributed by atoms with Gasteiger partial charge in [0.05, 0.1) is 16.2 Å². The Labute approximate surface area is 100 Å². The van der Waals surface area contributed by atoms with Crippen LogP contribution in [0.2, 0.25) is 0 Å². The Morgan fingerprint density at radius 2 is 2.40 bits per heavy atom. The summed E-state index contributed by atoms with van der Waals surface area (Å²) in [7, 11) is 2.09. The van der Waals surface area contributed by atoms with Gasteiger partial charge in [0.25, 0.3) is 0 Å². The number of rotatable bonds is 5. The van der Waals surface area contributed by atoms with E-state index in [0.29, 0.717) is 11.0 Å². The Morgan fingerprint density at radius 3 is 2.87 bits per heavy atom. The maximum Gasteiger partial charge on any atom is 0.0798 e. The molecule has 1 rings (SSSR count). The smallest absolute Gasteiger partial charge is 0.0798 e. The van der Waals surface area contributed by atoms with E-state index >= 15 is 0 Å². The van der Waals surface area contributed by atoms with Gasteiger partial charge in [0.15, 0.2) is 0 Å². The third-order valence-corrected chi connectivity index (χ3v) is 3.57. The first-order valence-electron chi connectivity index (χ1n) is 4.88. The van der Waals surface area contributed by atoms with Crippen molar-refractivity contribution in [2.45, 2.75) is 32.9 Å². The van der Waals surface area contributed by atoms with Gasteiger partial charge in [-0.05, 0) is 20.9 Å². The van der Waals surface area contributed by atoms with E-state index in [4.69, 9.17) is 18.0 Å². The molecular weight excluding hydrogens is 226 g/mol. The molecule has 5 heteroatoms. The van der Waals surface area contributed by atoms with E-state index in [1.807, 2.05) is 12.4 Å². The van der Waals surface area contributed by atoms with Gasteiger partial charge in [-0.15, -0.1) is 11.3 Å². The van der Waals surface area contributed by atoms with Gasteiger partial charge in [-0.25, -0.2) is 4.98 Å². The molecule has 3 nitrogen and oxygen atoms in total. The van der Waals surface area contributed by atoms with Crippen LogP contribution in [0.25, 0.3) is 0 Å². The number of hydrogen-bond donors (Lipinski definition) is 1. The van der Waals surface area contributed by atoms with Crippen molar-refractivity contribution in [3.8, 4) is 0 Å². The predicted molar refractivity (Wildman–Crippen MR) is 69.2 cm³/mol. The molecule has 1 aromatic heterocycles. The number of thiocarbonyl (C=S) groups is 1. The quantitative estimate of drug-likeness (QED) is 0.803. The molecule has 0 aliphatic carbocycles. The average Bonchev–Trinajstić information content (AvgIpc) is 2.50. The highest BCUT2D eigenvalue weighted by molar-refractivity contribution is 7.80. The van der Waals surface area contributed by atoms with Gasteiger partial charge in [-0.2, -0.15) is 0 Å². The lowest BCUT2D eigenvalue weighted by Gasteiger charge is -2.23. The molecule has 0 aliphatic rings. The van der Waals surface area contributed by atoms with Gasteiger partial charge >= 0.3 is 0 Å². The zero-order valence-corrected chi connectivity index (χ0v) is 11.0. The molecule has 0 fully saturated rings. The molecule has 1 unspecified atom stereocenters. The van der Waals surface area contributed by atoms with Crippen LogP contribution in [0, 0.1) is 6.92 Å². The van der Waals surface area contributed by atoms with E-state index in [9.17, 15) is 0 Å². The molecule has 0 bridgehead atoms. The Morgan fingerprint density at radius 1 is 1.73 bits per heavy atom. The van der Waals surface area contributed by atoms with Crippen LogP contribution in [0.3, 0.4) is 0 Å². The first kappa shape index (κ1) is 12.5. The fourth-order valence-corrected chi connectivity index (χ4v) is 2.39. The minimum atomic E-state index is 0.379.